The number of carboxylic acid groups (broad SMARTS) is 1. The van der Waals surface area contributed by atoms with E-state index in [1.54, 1.807) is 18.2 Å². The number of rotatable bonds is 3. The molecule has 1 saturated heterocycles. The zero-order valence-corrected chi connectivity index (χ0v) is 8.84. The van der Waals surface area contributed by atoms with Crippen LogP contribution in [-0.2, 0) is 16.0 Å². The maximum Gasteiger partial charge on any atom is 0.329 e. The monoisotopic (exact) mass is 234 g/mol. The van der Waals surface area contributed by atoms with E-state index in [2.05, 4.69) is 5.32 Å². The van der Waals surface area contributed by atoms with Crippen LogP contribution in [0.1, 0.15) is 5.56 Å². The minimum atomic E-state index is -0.959. The number of benzene rings is 1. The number of hydrogen-bond acceptors (Lipinski definition) is 3. The number of hydrogen-bond donors (Lipinski definition) is 2. The lowest BCUT2D eigenvalue weighted by molar-refractivity contribution is -0.136. The van der Waals surface area contributed by atoms with Crippen molar-refractivity contribution >= 4 is 23.6 Å². The SMILES string of the molecule is O=C(O)Cc1cccc(N2C(=O)CNC2=O)c1. The number of nitrogens with one attached hydrogen (secondary N) is 1. The first kappa shape index (κ1) is 11.1. The van der Waals surface area contributed by atoms with Crippen molar-refractivity contribution in [1.29, 1.82) is 0 Å². The van der Waals surface area contributed by atoms with E-state index in [0.29, 0.717) is 11.3 Å². The minimum Gasteiger partial charge on any atom is -0.481 e. The van der Waals surface area contributed by atoms with Crippen LogP contribution in [0, 0.1) is 0 Å². The van der Waals surface area contributed by atoms with Gasteiger partial charge in [-0.1, -0.05) is 12.1 Å². The Morgan fingerprint density at radius 2 is 2.18 bits per heavy atom. The van der Waals surface area contributed by atoms with E-state index in [0.717, 1.165) is 4.90 Å². The highest BCUT2D eigenvalue weighted by molar-refractivity contribution is 6.19. The molecule has 2 rings (SSSR count). The number of amides is 3. The fourth-order valence-corrected chi connectivity index (χ4v) is 1.66. The second kappa shape index (κ2) is 4.25. The summed E-state index contributed by atoms with van der Waals surface area (Å²) >= 11 is 0. The van der Waals surface area contributed by atoms with Crippen molar-refractivity contribution in [2.45, 2.75) is 6.42 Å². The molecule has 0 radical (unpaired) electrons. The summed E-state index contributed by atoms with van der Waals surface area (Å²) in [6.45, 7) is -0.0258. The summed E-state index contributed by atoms with van der Waals surface area (Å²) in [6.07, 6.45) is -0.141. The van der Waals surface area contributed by atoms with Gasteiger partial charge in [-0.25, -0.2) is 9.69 Å². The molecule has 1 aromatic carbocycles. The minimum absolute atomic E-state index is 0.0258. The van der Waals surface area contributed by atoms with Gasteiger partial charge >= 0.3 is 12.0 Å². The van der Waals surface area contributed by atoms with Gasteiger partial charge in [-0.2, -0.15) is 0 Å². The van der Waals surface area contributed by atoms with Crippen LogP contribution >= 0.6 is 0 Å². The summed E-state index contributed by atoms with van der Waals surface area (Å²) in [5.41, 5.74) is 0.936. The van der Waals surface area contributed by atoms with Gasteiger partial charge in [0.25, 0.3) is 5.91 Å². The van der Waals surface area contributed by atoms with Gasteiger partial charge in [0.2, 0.25) is 0 Å². The third-order valence-corrected chi connectivity index (χ3v) is 2.37. The van der Waals surface area contributed by atoms with Gasteiger partial charge in [0.05, 0.1) is 18.7 Å². The first-order chi connectivity index (χ1) is 8.08. The lowest BCUT2D eigenvalue weighted by Crippen LogP contribution is -2.30. The van der Waals surface area contributed by atoms with Crippen molar-refractivity contribution in [3.63, 3.8) is 0 Å². The molecule has 88 valence electrons. The molecule has 0 aliphatic carbocycles. The van der Waals surface area contributed by atoms with E-state index in [-0.39, 0.29) is 18.9 Å². The largest absolute Gasteiger partial charge is 0.481 e. The van der Waals surface area contributed by atoms with Gasteiger partial charge < -0.3 is 10.4 Å². The number of imide groups is 1. The van der Waals surface area contributed by atoms with Gasteiger partial charge in [-0.15, -0.1) is 0 Å². The third kappa shape index (κ3) is 2.25. The van der Waals surface area contributed by atoms with Crippen LogP contribution < -0.4 is 10.2 Å². The van der Waals surface area contributed by atoms with Crippen molar-refractivity contribution in [3.05, 3.63) is 29.8 Å². The predicted molar refractivity (Wildman–Crippen MR) is 58.7 cm³/mol. The van der Waals surface area contributed by atoms with Crippen LogP contribution in [0.3, 0.4) is 0 Å². The number of urea groups is 1. The van der Waals surface area contributed by atoms with Gasteiger partial charge in [-0.3, -0.25) is 9.59 Å². The maximum atomic E-state index is 11.4. The molecule has 1 aromatic rings. The van der Waals surface area contributed by atoms with E-state index in [1.165, 1.54) is 6.07 Å². The van der Waals surface area contributed by atoms with Gasteiger partial charge in [0.15, 0.2) is 0 Å². The molecule has 17 heavy (non-hydrogen) atoms. The Kier molecular flexibility index (Phi) is 2.78. The molecule has 3 amide bonds. The lowest BCUT2D eigenvalue weighted by Gasteiger charge is -2.12. The summed E-state index contributed by atoms with van der Waals surface area (Å²) in [4.78, 5) is 34.4. The lowest BCUT2D eigenvalue weighted by atomic mass is 10.1. The molecule has 1 fully saturated rings. The molecule has 0 atom stereocenters. The average Bonchev–Trinajstić information content (AvgIpc) is 2.58. The molecule has 0 aromatic heterocycles. The molecule has 6 heteroatoms. The van der Waals surface area contributed by atoms with E-state index in [9.17, 15) is 14.4 Å². The number of carbonyl (C=O) groups is 3. The van der Waals surface area contributed by atoms with Crippen LogP contribution in [0.2, 0.25) is 0 Å². The molecule has 1 aliphatic heterocycles. The Morgan fingerprint density at radius 3 is 2.76 bits per heavy atom. The highest BCUT2D eigenvalue weighted by atomic mass is 16.4. The summed E-state index contributed by atoms with van der Waals surface area (Å²) in [6, 6.07) is 5.88. The van der Waals surface area contributed by atoms with Crippen molar-refractivity contribution in [3.8, 4) is 0 Å². The Balaban J connectivity index is 2.29. The number of nitrogens with zero attached hydrogens (tertiary/aromatic N) is 1. The standard InChI is InChI=1S/C11H10N2O4/c14-9-6-12-11(17)13(9)8-3-1-2-7(4-8)5-10(15)16/h1-4H,5-6H2,(H,12,17)(H,15,16). The molecule has 0 bridgehead atoms. The highest BCUT2D eigenvalue weighted by Crippen LogP contribution is 2.19. The second-order valence-electron chi connectivity index (χ2n) is 3.63. The Labute approximate surface area is 96.8 Å². The third-order valence-electron chi connectivity index (χ3n) is 2.37. The quantitative estimate of drug-likeness (QED) is 0.740. The molecule has 2 N–H and O–H groups in total. The molecular weight excluding hydrogens is 224 g/mol. The molecule has 0 saturated carbocycles. The normalized spacial score (nSPS) is 14.9. The topological polar surface area (TPSA) is 86.7 Å². The molecule has 6 nitrogen and oxygen atoms in total. The summed E-state index contributed by atoms with van der Waals surface area (Å²) in [5, 5.41) is 11.1. The average molecular weight is 234 g/mol. The Hall–Kier alpha value is -2.37. The van der Waals surface area contributed by atoms with Crippen LogP contribution in [0.25, 0.3) is 0 Å². The van der Waals surface area contributed by atoms with Gasteiger partial charge in [0.1, 0.15) is 0 Å². The summed E-state index contributed by atoms with van der Waals surface area (Å²) in [7, 11) is 0. The maximum absolute atomic E-state index is 11.4. The van der Waals surface area contributed by atoms with Crippen LogP contribution in [-0.4, -0.2) is 29.6 Å². The summed E-state index contributed by atoms with van der Waals surface area (Å²) < 4.78 is 0. The van der Waals surface area contributed by atoms with Crippen molar-refractivity contribution < 1.29 is 19.5 Å². The fourth-order valence-electron chi connectivity index (χ4n) is 1.66. The number of carbonyl (C=O) groups excluding carboxylic acids is 2. The number of anilines is 1. The first-order valence-corrected chi connectivity index (χ1v) is 4.99. The van der Waals surface area contributed by atoms with Crippen LogP contribution in [0.15, 0.2) is 24.3 Å². The zero-order valence-electron chi connectivity index (χ0n) is 8.84. The molecule has 1 heterocycles. The number of aliphatic carboxylic acids is 1. The molecule has 0 spiro atoms. The van der Waals surface area contributed by atoms with Gasteiger partial charge in [-0.05, 0) is 17.7 Å². The van der Waals surface area contributed by atoms with Crippen LogP contribution in [0.4, 0.5) is 10.5 Å². The van der Waals surface area contributed by atoms with E-state index < -0.39 is 12.0 Å². The zero-order chi connectivity index (χ0) is 12.4. The van der Waals surface area contributed by atoms with Crippen LogP contribution in [0.5, 0.6) is 0 Å². The smallest absolute Gasteiger partial charge is 0.329 e. The Morgan fingerprint density at radius 1 is 1.41 bits per heavy atom. The second-order valence-corrected chi connectivity index (χ2v) is 3.63. The van der Waals surface area contributed by atoms with Crippen molar-refractivity contribution in [2.75, 3.05) is 11.4 Å². The van der Waals surface area contributed by atoms with E-state index >= 15 is 0 Å². The van der Waals surface area contributed by atoms with Gasteiger partial charge in [0, 0.05) is 0 Å². The number of carboxylic acids is 1. The van der Waals surface area contributed by atoms with Crippen molar-refractivity contribution in [2.24, 2.45) is 0 Å². The molecular formula is C11H10N2O4. The van der Waals surface area contributed by atoms with E-state index in [1.807, 2.05) is 0 Å². The first-order valence-electron chi connectivity index (χ1n) is 4.99. The highest BCUT2D eigenvalue weighted by Gasteiger charge is 2.29. The molecule has 1 aliphatic rings. The van der Waals surface area contributed by atoms with E-state index in [4.69, 9.17) is 5.11 Å². The molecule has 0 unspecified atom stereocenters. The Bertz CT molecular complexity index is 482. The fraction of sp³-hybridized carbons (Fsp3) is 0.182. The summed E-state index contributed by atoms with van der Waals surface area (Å²) in [5.74, 6) is -1.30. The van der Waals surface area contributed by atoms with Crippen molar-refractivity contribution in [1.82, 2.24) is 5.32 Å². The predicted octanol–water partition coefficient (Wildman–Crippen LogP) is 0.370.